The normalized spacial score (nSPS) is 11.6. The summed E-state index contributed by atoms with van der Waals surface area (Å²) in [6.45, 7) is 4.60. The quantitative estimate of drug-likeness (QED) is 0.197. The van der Waals surface area contributed by atoms with Gasteiger partial charge in [-0.2, -0.15) is 4.98 Å². The Balaban J connectivity index is 1.81. The number of amides is 1. The molecule has 0 aliphatic carbocycles. The molecule has 0 spiro atoms. The fourth-order valence-corrected chi connectivity index (χ4v) is 4.62. The Morgan fingerprint density at radius 3 is 2.46 bits per heavy atom. The van der Waals surface area contributed by atoms with E-state index < -0.39 is 16.3 Å². The van der Waals surface area contributed by atoms with Gasteiger partial charge in [-0.05, 0) is 38.1 Å². The van der Waals surface area contributed by atoms with Crippen LogP contribution in [0, 0.1) is 0 Å². The molecule has 4 rings (SSSR count). The van der Waals surface area contributed by atoms with Crippen LogP contribution in [-0.2, 0) is 26.0 Å². The first-order chi connectivity index (χ1) is 19.7. The zero-order valence-corrected chi connectivity index (χ0v) is 24.2. The van der Waals surface area contributed by atoms with Gasteiger partial charge in [0.25, 0.3) is 5.91 Å². The number of carbonyl (C=O) groups excluding carboxylic acids is 1. The summed E-state index contributed by atoms with van der Waals surface area (Å²) in [5, 5.41) is 6.42. The fraction of sp³-hybridized carbons (Fsp3) is 0.346. The second-order valence-electron chi connectivity index (χ2n) is 8.72. The van der Waals surface area contributed by atoms with Crippen molar-refractivity contribution >= 4 is 44.4 Å². The number of fused-ring (bicyclic) bond motifs is 1. The summed E-state index contributed by atoms with van der Waals surface area (Å²) in [6, 6.07) is 6.82. The summed E-state index contributed by atoms with van der Waals surface area (Å²) in [7, 11) is -0.555. The van der Waals surface area contributed by atoms with Gasteiger partial charge in [0.05, 0.1) is 31.3 Å². The monoisotopic (exact) mass is 584 g/mol. The number of methoxy groups -OCH3 is 1. The van der Waals surface area contributed by atoms with Gasteiger partial charge in [0.1, 0.15) is 17.1 Å². The van der Waals surface area contributed by atoms with E-state index in [1.807, 2.05) is 24.5 Å². The van der Waals surface area contributed by atoms with Crippen molar-refractivity contribution in [2.24, 2.45) is 0 Å². The van der Waals surface area contributed by atoms with Crippen molar-refractivity contribution in [2.45, 2.75) is 26.7 Å². The van der Waals surface area contributed by atoms with Gasteiger partial charge in [0.15, 0.2) is 12.1 Å². The lowest BCUT2D eigenvalue weighted by molar-refractivity contribution is -0.144. The van der Waals surface area contributed by atoms with E-state index >= 15 is 0 Å². The maximum absolute atomic E-state index is 12.1. The van der Waals surface area contributed by atoms with E-state index in [0.29, 0.717) is 52.6 Å². The van der Waals surface area contributed by atoms with Gasteiger partial charge in [-0.3, -0.25) is 14.5 Å². The molecule has 0 atom stereocenters. The van der Waals surface area contributed by atoms with Crippen LogP contribution in [0.15, 0.2) is 42.9 Å². The number of hydrogen-bond donors (Lipinski definition) is 3. The lowest BCUT2D eigenvalue weighted by atomic mass is 10.1. The average Bonchev–Trinajstić information content (AvgIpc) is 3.30. The number of sulfonamides is 1. The number of benzene rings is 1. The molecule has 14 nitrogen and oxygen atoms in total. The maximum Gasteiger partial charge on any atom is 0.251 e. The molecular formula is C26H32N8O6S. The zero-order chi connectivity index (χ0) is 29.6. The topological polar surface area (TPSA) is 171 Å². The van der Waals surface area contributed by atoms with Crippen LogP contribution in [0.5, 0.6) is 5.75 Å². The van der Waals surface area contributed by atoms with Gasteiger partial charge in [-0.1, -0.05) is 0 Å². The molecule has 0 aliphatic rings. The molecule has 0 radical (unpaired) electrons. The first kappa shape index (κ1) is 29.6. The summed E-state index contributed by atoms with van der Waals surface area (Å²) >= 11 is 0. The maximum atomic E-state index is 12.1. The van der Waals surface area contributed by atoms with Crippen molar-refractivity contribution in [3.05, 3.63) is 59.8 Å². The van der Waals surface area contributed by atoms with Crippen LogP contribution in [0.25, 0.3) is 11.0 Å². The van der Waals surface area contributed by atoms with E-state index in [-0.39, 0.29) is 24.2 Å². The number of rotatable bonds is 13. The summed E-state index contributed by atoms with van der Waals surface area (Å²) < 4.78 is 45.4. The first-order valence-corrected chi connectivity index (χ1v) is 14.6. The van der Waals surface area contributed by atoms with Gasteiger partial charge in [0.2, 0.25) is 16.0 Å². The SMILES string of the molecule is CCOC(OCC)c1cc2cnc(Nc3ccc(C(=O)NC)cc3OC)nc2n1Cc1nccnc1NS(C)(=O)=O. The number of ether oxygens (including phenoxy) is 3. The number of carbonyl (C=O) groups is 1. The van der Waals surface area contributed by atoms with Gasteiger partial charge in [0, 0.05) is 49.8 Å². The number of anilines is 3. The van der Waals surface area contributed by atoms with E-state index in [4.69, 9.17) is 19.2 Å². The van der Waals surface area contributed by atoms with E-state index in [0.717, 1.165) is 6.26 Å². The summed E-state index contributed by atoms with van der Waals surface area (Å²) in [5.41, 5.74) is 2.50. The van der Waals surface area contributed by atoms with Crippen LogP contribution in [0.4, 0.5) is 17.5 Å². The van der Waals surface area contributed by atoms with Crippen LogP contribution in [0.3, 0.4) is 0 Å². The minimum Gasteiger partial charge on any atom is -0.495 e. The number of aromatic nitrogens is 5. The highest BCUT2D eigenvalue weighted by molar-refractivity contribution is 7.92. The minimum absolute atomic E-state index is 0.0977. The van der Waals surface area contributed by atoms with E-state index in [1.165, 1.54) is 19.5 Å². The lowest BCUT2D eigenvalue weighted by Gasteiger charge is -2.20. The first-order valence-electron chi connectivity index (χ1n) is 12.7. The van der Waals surface area contributed by atoms with Crippen molar-refractivity contribution in [3.8, 4) is 5.75 Å². The predicted molar refractivity (Wildman–Crippen MR) is 153 cm³/mol. The number of hydrogen-bond acceptors (Lipinski definition) is 11. The fourth-order valence-electron chi connectivity index (χ4n) is 4.10. The third-order valence-corrected chi connectivity index (χ3v) is 6.41. The molecular weight excluding hydrogens is 552 g/mol. The Kier molecular flexibility index (Phi) is 9.31. The summed E-state index contributed by atoms with van der Waals surface area (Å²) in [5.74, 6) is 0.535. The second kappa shape index (κ2) is 12.9. The van der Waals surface area contributed by atoms with E-state index in [2.05, 4.69) is 30.3 Å². The Morgan fingerprint density at radius 1 is 1.07 bits per heavy atom. The Labute approximate surface area is 237 Å². The molecule has 0 unspecified atom stereocenters. The number of nitrogens with zero attached hydrogens (tertiary/aromatic N) is 5. The Bertz CT molecular complexity index is 1640. The van der Waals surface area contributed by atoms with Crippen molar-refractivity contribution in [1.82, 2.24) is 29.8 Å². The molecule has 3 N–H and O–H groups in total. The van der Waals surface area contributed by atoms with Crippen molar-refractivity contribution in [2.75, 3.05) is 43.7 Å². The van der Waals surface area contributed by atoms with Gasteiger partial charge < -0.3 is 29.4 Å². The largest absolute Gasteiger partial charge is 0.495 e. The van der Waals surface area contributed by atoms with Crippen molar-refractivity contribution in [3.63, 3.8) is 0 Å². The second-order valence-corrected chi connectivity index (χ2v) is 10.5. The molecule has 41 heavy (non-hydrogen) atoms. The third kappa shape index (κ3) is 7.06. The highest BCUT2D eigenvalue weighted by Gasteiger charge is 2.23. The molecule has 218 valence electrons. The molecule has 0 aliphatic heterocycles. The predicted octanol–water partition coefficient (Wildman–Crippen LogP) is 2.82. The van der Waals surface area contributed by atoms with Crippen LogP contribution in [0.2, 0.25) is 0 Å². The van der Waals surface area contributed by atoms with E-state index in [9.17, 15) is 13.2 Å². The molecule has 1 amide bonds. The third-order valence-electron chi connectivity index (χ3n) is 5.85. The Morgan fingerprint density at radius 2 is 1.80 bits per heavy atom. The van der Waals surface area contributed by atoms with Crippen LogP contribution in [0.1, 0.15) is 41.9 Å². The van der Waals surface area contributed by atoms with Crippen LogP contribution < -0.4 is 20.1 Å². The lowest BCUT2D eigenvalue weighted by Crippen LogP contribution is -2.18. The minimum atomic E-state index is -3.61. The zero-order valence-electron chi connectivity index (χ0n) is 23.3. The Hall–Kier alpha value is -4.34. The van der Waals surface area contributed by atoms with Crippen LogP contribution in [-0.4, -0.2) is 72.5 Å². The van der Waals surface area contributed by atoms with Gasteiger partial charge >= 0.3 is 0 Å². The van der Waals surface area contributed by atoms with Crippen molar-refractivity contribution < 1.29 is 27.4 Å². The van der Waals surface area contributed by atoms with Crippen molar-refractivity contribution in [1.29, 1.82) is 0 Å². The van der Waals surface area contributed by atoms with E-state index in [1.54, 1.807) is 31.4 Å². The molecule has 4 aromatic rings. The molecule has 1 aromatic carbocycles. The highest BCUT2D eigenvalue weighted by Crippen LogP contribution is 2.31. The summed E-state index contributed by atoms with van der Waals surface area (Å²) in [4.78, 5) is 29.8. The average molecular weight is 585 g/mol. The van der Waals surface area contributed by atoms with Gasteiger partial charge in [-0.25, -0.2) is 18.4 Å². The standard InChI is InChI=1S/C26H32N8O6S/c1-6-39-25(40-7-2)20-12-17-14-30-26(31-18-9-8-16(24(35)27-3)13-21(18)38-4)32-23(17)34(20)15-19-22(29-11-10-28-19)33-41(5,36)37/h8-14,25H,6-7,15H2,1-5H3,(H,27,35)(H,29,33)(H,30,31,32). The molecule has 15 heteroatoms. The summed E-state index contributed by atoms with van der Waals surface area (Å²) in [6.07, 6.45) is 4.85. The molecule has 0 saturated heterocycles. The van der Waals surface area contributed by atoms with Crippen LogP contribution >= 0.6 is 0 Å². The molecule has 0 fully saturated rings. The molecule has 3 aromatic heterocycles. The highest BCUT2D eigenvalue weighted by atomic mass is 32.2. The molecule has 0 saturated carbocycles. The molecule has 0 bridgehead atoms. The smallest absolute Gasteiger partial charge is 0.251 e. The number of nitrogens with one attached hydrogen (secondary N) is 3. The van der Waals surface area contributed by atoms with Gasteiger partial charge in [-0.15, -0.1) is 0 Å². The molecule has 3 heterocycles.